The summed E-state index contributed by atoms with van der Waals surface area (Å²) in [6, 6.07) is 15.5. The van der Waals surface area contributed by atoms with Gasteiger partial charge in [-0.1, -0.05) is 41.6 Å². The number of amides is 1. The van der Waals surface area contributed by atoms with E-state index in [1.165, 1.54) is 0 Å². The summed E-state index contributed by atoms with van der Waals surface area (Å²) in [5.41, 5.74) is 2.76. The molecular weight excluding hydrogens is 356 g/mol. The van der Waals surface area contributed by atoms with Crippen LogP contribution in [0.2, 0.25) is 0 Å². The van der Waals surface area contributed by atoms with Gasteiger partial charge in [0.25, 0.3) is 0 Å². The van der Waals surface area contributed by atoms with Crippen LogP contribution in [0.3, 0.4) is 0 Å². The van der Waals surface area contributed by atoms with Crippen molar-refractivity contribution in [3.05, 3.63) is 60.3 Å². The lowest BCUT2D eigenvalue weighted by Gasteiger charge is -2.15. The molecule has 0 saturated carbocycles. The van der Waals surface area contributed by atoms with Crippen LogP contribution < -0.4 is 14.8 Å². The van der Waals surface area contributed by atoms with Crippen LogP contribution in [0.25, 0.3) is 11.3 Å². The smallest absolute Gasteiger partial charge is 0.242 e. The third-order valence-electron chi connectivity index (χ3n) is 4.31. The number of benzene rings is 2. The minimum absolute atomic E-state index is 0.0392. The fourth-order valence-corrected chi connectivity index (χ4v) is 3.00. The maximum absolute atomic E-state index is 12.3. The number of hydrogen-bond acceptors (Lipinski definition) is 5. The van der Waals surface area contributed by atoms with Gasteiger partial charge in [0.15, 0.2) is 11.5 Å². The molecule has 0 radical (unpaired) electrons. The van der Waals surface area contributed by atoms with Gasteiger partial charge in [0.2, 0.25) is 5.91 Å². The second-order valence-corrected chi connectivity index (χ2v) is 6.53. The Morgan fingerprint density at radius 1 is 1.11 bits per heavy atom. The fourth-order valence-electron chi connectivity index (χ4n) is 3.00. The number of hydrogen-bond donors (Lipinski definition) is 1. The van der Waals surface area contributed by atoms with Crippen LogP contribution in [-0.2, 0) is 17.8 Å². The van der Waals surface area contributed by atoms with Crippen molar-refractivity contribution in [2.75, 3.05) is 14.2 Å². The molecule has 146 valence electrons. The van der Waals surface area contributed by atoms with Crippen molar-refractivity contribution in [3.63, 3.8) is 0 Å². The van der Waals surface area contributed by atoms with E-state index in [-0.39, 0.29) is 18.5 Å². The first-order valence-corrected chi connectivity index (χ1v) is 9.05. The molecule has 1 amide bonds. The first-order chi connectivity index (χ1) is 13.6. The zero-order valence-corrected chi connectivity index (χ0v) is 16.3. The van der Waals surface area contributed by atoms with Crippen molar-refractivity contribution < 1.29 is 14.3 Å². The van der Waals surface area contributed by atoms with E-state index in [1.54, 1.807) is 25.1 Å². The molecule has 1 atom stereocenters. The molecule has 7 nitrogen and oxygen atoms in total. The zero-order valence-electron chi connectivity index (χ0n) is 16.3. The van der Waals surface area contributed by atoms with E-state index in [9.17, 15) is 4.79 Å². The molecule has 0 saturated heterocycles. The molecule has 0 spiro atoms. The highest BCUT2D eigenvalue weighted by atomic mass is 16.5. The van der Waals surface area contributed by atoms with Crippen LogP contribution in [0.4, 0.5) is 0 Å². The molecule has 2 aromatic carbocycles. The van der Waals surface area contributed by atoms with Crippen LogP contribution in [0.1, 0.15) is 12.5 Å². The molecule has 0 aliphatic heterocycles. The third-order valence-corrected chi connectivity index (χ3v) is 4.31. The van der Waals surface area contributed by atoms with Gasteiger partial charge in [-0.15, -0.1) is 5.10 Å². The number of ether oxygens (including phenoxy) is 2. The largest absolute Gasteiger partial charge is 0.493 e. The molecule has 0 bridgehead atoms. The van der Waals surface area contributed by atoms with E-state index < -0.39 is 0 Å². The molecule has 0 fully saturated rings. The van der Waals surface area contributed by atoms with Crippen molar-refractivity contribution in [1.82, 2.24) is 20.3 Å². The molecule has 3 rings (SSSR count). The van der Waals surface area contributed by atoms with Crippen molar-refractivity contribution in [1.29, 1.82) is 0 Å². The van der Waals surface area contributed by atoms with Crippen LogP contribution in [-0.4, -0.2) is 41.2 Å². The molecule has 1 heterocycles. The molecule has 0 aliphatic carbocycles. The lowest BCUT2D eigenvalue weighted by atomic mass is 10.1. The minimum atomic E-state index is -0.113. The Morgan fingerprint density at radius 3 is 2.57 bits per heavy atom. The van der Waals surface area contributed by atoms with E-state index >= 15 is 0 Å². The van der Waals surface area contributed by atoms with E-state index in [0.717, 1.165) is 16.8 Å². The first kappa shape index (κ1) is 19.4. The predicted octanol–water partition coefficient (Wildman–Crippen LogP) is 2.71. The van der Waals surface area contributed by atoms with Gasteiger partial charge in [-0.05, 0) is 31.0 Å². The molecule has 28 heavy (non-hydrogen) atoms. The normalized spacial score (nSPS) is 11.7. The summed E-state index contributed by atoms with van der Waals surface area (Å²) < 4.78 is 12.1. The Kier molecular flexibility index (Phi) is 6.26. The van der Waals surface area contributed by atoms with Crippen LogP contribution in [0.5, 0.6) is 11.5 Å². The number of nitrogens with zero attached hydrogens (tertiary/aromatic N) is 3. The predicted molar refractivity (Wildman–Crippen MR) is 106 cm³/mol. The highest BCUT2D eigenvalue weighted by Gasteiger charge is 2.12. The van der Waals surface area contributed by atoms with Crippen LogP contribution in [0, 0.1) is 0 Å². The summed E-state index contributed by atoms with van der Waals surface area (Å²) in [7, 11) is 3.21. The molecule has 1 unspecified atom stereocenters. The van der Waals surface area contributed by atoms with Gasteiger partial charge in [0, 0.05) is 11.6 Å². The summed E-state index contributed by atoms with van der Waals surface area (Å²) in [5, 5.41) is 11.2. The van der Waals surface area contributed by atoms with Gasteiger partial charge in [-0.2, -0.15) is 0 Å². The summed E-state index contributed by atoms with van der Waals surface area (Å²) >= 11 is 0. The Morgan fingerprint density at radius 2 is 1.86 bits per heavy atom. The van der Waals surface area contributed by atoms with Gasteiger partial charge >= 0.3 is 0 Å². The SMILES string of the molecule is COc1ccc(CC(C)NC(=O)Cn2cc(-c3ccccc3)nn2)cc1OC. The summed E-state index contributed by atoms with van der Waals surface area (Å²) in [4.78, 5) is 12.3. The van der Waals surface area contributed by atoms with E-state index in [1.807, 2.05) is 55.5 Å². The van der Waals surface area contributed by atoms with Gasteiger partial charge in [-0.3, -0.25) is 4.79 Å². The number of methoxy groups -OCH3 is 2. The number of carbonyl (C=O) groups excluding carboxylic acids is 1. The molecule has 1 aromatic heterocycles. The van der Waals surface area contributed by atoms with Crippen molar-refractivity contribution in [2.45, 2.75) is 25.9 Å². The van der Waals surface area contributed by atoms with E-state index in [2.05, 4.69) is 15.6 Å². The summed E-state index contributed by atoms with van der Waals surface area (Å²) in [6.45, 7) is 2.08. The zero-order chi connectivity index (χ0) is 19.9. The first-order valence-electron chi connectivity index (χ1n) is 9.05. The average molecular weight is 380 g/mol. The number of rotatable bonds is 8. The highest BCUT2D eigenvalue weighted by Crippen LogP contribution is 2.27. The van der Waals surface area contributed by atoms with Gasteiger partial charge in [-0.25, -0.2) is 4.68 Å². The Bertz CT molecular complexity index is 924. The third kappa shape index (κ3) is 4.88. The van der Waals surface area contributed by atoms with Crippen molar-refractivity contribution in [2.24, 2.45) is 0 Å². The summed E-state index contributed by atoms with van der Waals surface area (Å²) in [5.74, 6) is 1.25. The molecule has 7 heteroatoms. The average Bonchev–Trinajstić information content (AvgIpc) is 3.16. The lowest BCUT2D eigenvalue weighted by molar-refractivity contribution is -0.122. The molecule has 1 N–H and O–H groups in total. The number of carbonyl (C=O) groups is 1. The fraction of sp³-hybridized carbons (Fsp3) is 0.286. The minimum Gasteiger partial charge on any atom is -0.493 e. The van der Waals surface area contributed by atoms with E-state index in [4.69, 9.17) is 9.47 Å². The summed E-state index contributed by atoms with van der Waals surface area (Å²) in [6.07, 6.45) is 2.45. The lowest BCUT2D eigenvalue weighted by Crippen LogP contribution is -2.36. The Hall–Kier alpha value is -3.35. The second-order valence-electron chi connectivity index (χ2n) is 6.53. The van der Waals surface area contributed by atoms with Crippen molar-refractivity contribution >= 4 is 5.91 Å². The molecule has 3 aromatic rings. The maximum atomic E-state index is 12.3. The van der Waals surface area contributed by atoms with Gasteiger partial charge in [0.1, 0.15) is 12.2 Å². The Balaban J connectivity index is 1.55. The van der Waals surface area contributed by atoms with Crippen LogP contribution >= 0.6 is 0 Å². The maximum Gasteiger partial charge on any atom is 0.242 e. The highest BCUT2D eigenvalue weighted by molar-refractivity contribution is 5.76. The van der Waals surface area contributed by atoms with Gasteiger partial charge in [0.05, 0.1) is 20.4 Å². The van der Waals surface area contributed by atoms with Gasteiger partial charge < -0.3 is 14.8 Å². The monoisotopic (exact) mass is 380 g/mol. The number of nitrogens with one attached hydrogen (secondary N) is 1. The molecular formula is C21H24N4O3. The topological polar surface area (TPSA) is 78.3 Å². The van der Waals surface area contributed by atoms with E-state index in [0.29, 0.717) is 17.9 Å². The Labute approximate surface area is 164 Å². The van der Waals surface area contributed by atoms with Crippen LogP contribution in [0.15, 0.2) is 54.7 Å². The number of aromatic nitrogens is 3. The molecule has 0 aliphatic rings. The second kappa shape index (κ2) is 9.03. The van der Waals surface area contributed by atoms with Crippen molar-refractivity contribution in [3.8, 4) is 22.8 Å². The quantitative estimate of drug-likeness (QED) is 0.650. The standard InChI is InChI=1S/C21H24N4O3/c1-15(11-16-9-10-19(27-2)20(12-16)28-3)22-21(26)14-25-13-18(23-24-25)17-7-5-4-6-8-17/h4-10,12-13,15H,11,14H2,1-3H3,(H,22,26).